The predicted molar refractivity (Wildman–Crippen MR) is 204 cm³/mol. The van der Waals surface area contributed by atoms with Gasteiger partial charge in [-0.05, 0) is 69.3 Å². The number of hydrogen-bond donors (Lipinski definition) is 3. The van der Waals surface area contributed by atoms with Crippen LogP contribution in [0.1, 0.15) is 70.7 Å². The number of benzene rings is 2. The fourth-order valence-corrected chi connectivity index (χ4v) is 9.44. The predicted octanol–water partition coefficient (Wildman–Crippen LogP) is 6.26. The van der Waals surface area contributed by atoms with E-state index in [9.17, 15) is 19.8 Å². The molecule has 1 aliphatic carbocycles. The maximum absolute atomic E-state index is 13.7. The van der Waals surface area contributed by atoms with E-state index in [1.165, 1.54) is 4.88 Å². The van der Waals surface area contributed by atoms with Crippen LogP contribution < -0.4 is 5.32 Å². The zero-order chi connectivity index (χ0) is 36.7. The third-order valence-corrected chi connectivity index (χ3v) is 12.8. The highest BCUT2D eigenvalue weighted by Gasteiger charge is 2.31. The number of nitrogens with one attached hydrogen (secondary N) is 1. The molecule has 1 atom stereocenters. The lowest BCUT2D eigenvalue weighted by Gasteiger charge is -2.33. The Bertz CT molecular complexity index is 1950. The molecule has 2 aromatic heterocycles. The van der Waals surface area contributed by atoms with Crippen molar-refractivity contribution < 1.29 is 19.8 Å². The number of carbonyl (C=O) groups excluding carboxylic acids is 1. The molecule has 13 heteroatoms. The van der Waals surface area contributed by atoms with Crippen LogP contribution in [-0.4, -0.2) is 90.8 Å². The molecule has 1 unspecified atom stereocenters. The number of imidazole rings is 1. The van der Waals surface area contributed by atoms with E-state index in [0.717, 1.165) is 96.1 Å². The number of thiazole rings is 1. The molecule has 7 rings (SSSR count). The van der Waals surface area contributed by atoms with E-state index in [4.69, 9.17) is 21.6 Å². The van der Waals surface area contributed by atoms with Crippen LogP contribution in [0.4, 0.5) is 5.69 Å². The number of aliphatic hydroxyl groups excluding tert-OH is 1. The number of rotatable bonds is 11. The van der Waals surface area contributed by atoms with Crippen molar-refractivity contribution in [1.82, 2.24) is 29.2 Å². The zero-order valence-corrected chi connectivity index (χ0v) is 31.9. The van der Waals surface area contributed by atoms with E-state index >= 15 is 0 Å². The SMILES string of the molecule is CCN(C)CC(O)N1Cc2nc(-c3cccc(-c4cccc(NC(=O)c5nc6c(n5C)CCN(CC5CCC(C(=O)O)CC5)C6)c4Cl)c3C)sc2C1. The first-order chi connectivity index (χ1) is 25.0. The molecule has 1 fully saturated rings. The lowest BCUT2D eigenvalue weighted by atomic mass is 9.81. The Hall–Kier alpha value is -3.65. The molecule has 0 bridgehead atoms. The van der Waals surface area contributed by atoms with Crippen LogP contribution >= 0.6 is 22.9 Å². The minimum absolute atomic E-state index is 0.207. The van der Waals surface area contributed by atoms with Gasteiger partial charge in [-0.2, -0.15) is 0 Å². The number of nitrogens with zero attached hydrogens (tertiary/aromatic N) is 6. The number of anilines is 1. The fourth-order valence-electron chi connectivity index (χ4n) is 7.98. The van der Waals surface area contributed by atoms with E-state index in [2.05, 4.69) is 39.9 Å². The van der Waals surface area contributed by atoms with Gasteiger partial charge in [0, 0.05) is 74.4 Å². The Labute approximate surface area is 314 Å². The van der Waals surface area contributed by atoms with E-state index in [0.29, 0.717) is 48.6 Å². The van der Waals surface area contributed by atoms with Gasteiger partial charge in [0.1, 0.15) is 11.2 Å². The molecule has 11 nitrogen and oxygen atoms in total. The lowest BCUT2D eigenvalue weighted by molar-refractivity contribution is -0.143. The molecule has 4 aromatic rings. The third-order valence-electron chi connectivity index (χ3n) is 11.3. The molecule has 2 aliphatic heterocycles. The summed E-state index contributed by atoms with van der Waals surface area (Å²) in [6.45, 7) is 9.47. The van der Waals surface area contributed by atoms with Gasteiger partial charge in [-0.25, -0.2) is 9.97 Å². The highest BCUT2D eigenvalue weighted by atomic mass is 35.5. The number of hydrogen-bond acceptors (Lipinski definition) is 9. The van der Waals surface area contributed by atoms with E-state index in [1.54, 1.807) is 11.3 Å². The van der Waals surface area contributed by atoms with Gasteiger partial charge in [-0.3, -0.25) is 19.4 Å². The van der Waals surface area contributed by atoms with Gasteiger partial charge in [-0.1, -0.05) is 48.9 Å². The number of carboxylic acid groups (broad SMARTS) is 1. The molecular weight excluding hydrogens is 698 g/mol. The molecule has 52 heavy (non-hydrogen) atoms. The first-order valence-electron chi connectivity index (χ1n) is 18.3. The van der Waals surface area contributed by atoms with Crippen molar-refractivity contribution in [2.24, 2.45) is 18.9 Å². The average Bonchev–Trinajstić information content (AvgIpc) is 3.81. The van der Waals surface area contributed by atoms with Crippen molar-refractivity contribution >= 4 is 40.5 Å². The summed E-state index contributed by atoms with van der Waals surface area (Å²) in [5.74, 6) is -0.338. The Kier molecular flexibility index (Phi) is 10.8. The molecule has 3 aliphatic rings. The average molecular weight is 746 g/mol. The molecule has 1 saturated carbocycles. The summed E-state index contributed by atoms with van der Waals surface area (Å²) >= 11 is 8.73. The monoisotopic (exact) mass is 745 g/mol. The molecule has 0 radical (unpaired) electrons. The summed E-state index contributed by atoms with van der Waals surface area (Å²) in [7, 11) is 3.91. The number of likely N-dealkylation sites (N-methyl/N-ethyl adjacent to an activating group) is 1. The van der Waals surface area contributed by atoms with E-state index in [1.807, 2.05) is 49.0 Å². The van der Waals surface area contributed by atoms with Crippen LogP contribution in [0.2, 0.25) is 5.02 Å². The minimum atomic E-state index is -0.673. The largest absolute Gasteiger partial charge is 0.481 e. The first-order valence-corrected chi connectivity index (χ1v) is 19.5. The minimum Gasteiger partial charge on any atom is -0.481 e. The van der Waals surface area contributed by atoms with Crippen LogP contribution in [0.25, 0.3) is 21.7 Å². The van der Waals surface area contributed by atoms with Crippen molar-refractivity contribution in [3.05, 3.63) is 74.8 Å². The quantitative estimate of drug-likeness (QED) is 0.163. The second kappa shape index (κ2) is 15.4. The van der Waals surface area contributed by atoms with Crippen LogP contribution in [0.5, 0.6) is 0 Å². The number of fused-ring (bicyclic) bond motifs is 2. The number of aliphatic hydroxyl groups is 1. The number of amides is 1. The second-order valence-corrected chi connectivity index (χ2v) is 16.1. The molecule has 3 N–H and O–H groups in total. The van der Waals surface area contributed by atoms with Gasteiger partial charge in [-0.15, -0.1) is 11.3 Å². The standard InChI is InChI=1S/C39H48ClN7O4S/c1-5-44(3)22-34(48)47-20-31-33(21-47)52-38(43-31)27-9-6-8-26(23(27)2)28-10-7-11-29(35(28)40)42-37(49)36-41-30-19-46(17-16-32(30)45(36)4)18-24-12-14-25(15-13-24)39(50)51/h6-11,24-25,34,48H,5,12-22H2,1-4H3,(H,42,49)(H,50,51). The maximum atomic E-state index is 13.7. The van der Waals surface area contributed by atoms with Crippen molar-refractivity contribution in [2.45, 2.75) is 71.8 Å². The maximum Gasteiger partial charge on any atom is 0.306 e. The summed E-state index contributed by atoms with van der Waals surface area (Å²) in [5.41, 5.74) is 7.43. The van der Waals surface area contributed by atoms with Crippen molar-refractivity contribution in [2.75, 3.05) is 38.5 Å². The molecule has 2 aromatic carbocycles. The molecule has 0 spiro atoms. The van der Waals surface area contributed by atoms with Crippen molar-refractivity contribution in [1.29, 1.82) is 0 Å². The second-order valence-electron chi connectivity index (χ2n) is 14.7. The summed E-state index contributed by atoms with van der Waals surface area (Å²) in [4.78, 5) is 42.6. The zero-order valence-electron chi connectivity index (χ0n) is 30.4. The van der Waals surface area contributed by atoms with Crippen LogP contribution in [-0.2, 0) is 37.9 Å². The van der Waals surface area contributed by atoms with Crippen molar-refractivity contribution in [3.8, 4) is 21.7 Å². The smallest absolute Gasteiger partial charge is 0.306 e. The fraction of sp³-hybridized carbons (Fsp3) is 0.487. The highest BCUT2D eigenvalue weighted by molar-refractivity contribution is 7.15. The summed E-state index contributed by atoms with van der Waals surface area (Å²) < 4.78 is 1.90. The van der Waals surface area contributed by atoms with Crippen LogP contribution in [0.15, 0.2) is 36.4 Å². The lowest BCUT2D eigenvalue weighted by Crippen LogP contribution is -2.40. The van der Waals surface area contributed by atoms with Gasteiger partial charge in [0.05, 0.1) is 28.0 Å². The van der Waals surface area contributed by atoms with Gasteiger partial charge < -0.3 is 25.0 Å². The Morgan fingerprint density at radius 1 is 1.04 bits per heavy atom. The molecule has 276 valence electrons. The summed E-state index contributed by atoms with van der Waals surface area (Å²) in [6.07, 6.45) is 3.65. The third kappa shape index (κ3) is 7.42. The van der Waals surface area contributed by atoms with Crippen molar-refractivity contribution in [3.63, 3.8) is 0 Å². The Morgan fingerprint density at radius 3 is 2.50 bits per heavy atom. The van der Waals surface area contributed by atoms with Gasteiger partial charge in [0.2, 0.25) is 0 Å². The topological polar surface area (TPSA) is 127 Å². The molecular formula is C39H48ClN7O4S. The van der Waals surface area contributed by atoms with E-state index in [-0.39, 0.29) is 11.8 Å². The van der Waals surface area contributed by atoms with E-state index < -0.39 is 12.2 Å². The Balaban J connectivity index is 1.03. The first kappa shape index (κ1) is 36.7. The van der Waals surface area contributed by atoms with Crippen LogP contribution in [0.3, 0.4) is 0 Å². The molecule has 1 amide bonds. The number of halogens is 1. The summed E-state index contributed by atoms with van der Waals surface area (Å²) in [6, 6.07) is 11.8. The van der Waals surface area contributed by atoms with Gasteiger partial charge in [0.15, 0.2) is 5.82 Å². The number of aliphatic carboxylic acids is 1. The highest BCUT2D eigenvalue weighted by Crippen LogP contribution is 2.41. The van der Waals surface area contributed by atoms with Gasteiger partial charge in [0.25, 0.3) is 5.91 Å². The normalized spacial score (nSPS) is 19.8. The molecule has 0 saturated heterocycles. The van der Waals surface area contributed by atoms with Gasteiger partial charge >= 0.3 is 5.97 Å². The summed E-state index contributed by atoms with van der Waals surface area (Å²) in [5, 5.41) is 24.5. The number of aromatic nitrogens is 3. The number of carboxylic acids is 1. The molecule has 4 heterocycles. The Morgan fingerprint density at radius 2 is 1.77 bits per heavy atom. The van der Waals surface area contributed by atoms with Crippen LogP contribution in [0, 0.1) is 18.8 Å². The number of carbonyl (C=O) groups is 2.